The molecule has 0 radical (unpaired) electrons. The molecule has 148 valence electrons. The topological polar surface area (TPSA) is 121 Å². The fourth-order valence-electron chi connectivity index (χ4n) is 2.66. The average molecular weight is 396 g/mol. The second-order valence-corrected chi connectivity index (χ2v) is 9.78. The lowest BCUT2D eigenvalue weighted by Crippen LogP contribution is -2.43. The highest BCUT2D eigenvalue weighted by atomic mass is 32.2. The molecule has 1 aliphatic heterocycles. The zero-order valence-corrected chi connectivity index (χ0v) is 16.4. The number of anilines is 1. The van der Waals surface area contributed by atoms with Crippen LogP contribution in [0.3, 0.4) is 0 Å². The van der Waals surface area contributed by atoms with E-state index in [1.807, 2.05) is 0 Å². The van der Waals surface area contributed by atoms with Gasteiger partial charge in [-0.2, -0.15) is 0 Å². The zero-order valence-electron chi connectivity index (χ0n) is 15.6. The third-order valence-electron chi connectivity index (χ3n) is 4.99. The van der Waals surface area contributed by atoms with Crippen LogP contribution in [0.2, 0.25) is 0 Å². The molecule has 2 N–H and O–H groups in total. The molecular weight excluding hydrogens is 372 g/mol. The third kappa shape index (κ3) is 4.65. The number of sulfone groups is 1. The molecule has 1 heterocycles. The molecule has 1 aromatic carbocycles. The maximum absolute atomic E-state index is 12.5. The lowest BCUT2D eigenvalue weighted by Gasteiger charge is -2.30. The molecule has 0 unspecified atom stereocenters. The molecule has 9 heteroatoms. The number of nitrogens with one attached hydrogen (secondary N) is 1. The first-order valence-electron chi connectivity index (χ1n) is 8.56. The number of benzene rings is 1. The number of rotatable bonds is 5. The van der Waals surface area contributed by atoms with Crippen molar-refractivity contribution < 1.29 is 27.9 Å². The smallest absolute Gasteiger partial charge is 0.306 e. The van der Waals surface area contributed by atoms with E-state index in [4.69, 9.17) is 5.11 Å². The van der Waals surface area contributed by atoms with Crippen molar-refractivity contribution in [3.63, 3.8) is 0 Å². The van der Waals surface area contributed by atoms with Gasteiger partial charge in [-0.15, -0.1) is 0 Å². The van der Waals surface area contributed by atoms with E-state index in [1.54, 1.807) is 17.0 Å². The van der Waals surface area contributed by atoms with Gasteiger partial charge in [0.05, 0.1) is 5.92 Å². The minimum Gasteiger partial charge on any atom is -0.481 e. The summed E-state index contributed by atoms with van der Waals surface area (Å²) in [6.45, 7) is 3.43. The van der Waals surface area contributed by atoms with Gasteiger partial charge in [0.25, 0.3) is 5.91 Å². The molecule has 1 aromatic rings. The molecule has 0 atom stereocenters. The number of carbonyl (C=O) groups excluding carboxylic acids is 2. The molecule has 27 heavy (non-hydrogen) atoms. The highest BCUT2D eigenvalue weighted by Gasteiger charge is 2.38. The summed E-state index contributed by atoms with van der Waals surface area (Å²) in [7, 11) is -3.58. The Bertz CT molecular complexity index is 837. The second kappa shape index (κ2) is 7.67. The molecule has 1 fully saturated rings. The van der Waals surface area contributed by atoms with Gasteiger partial charge in [0.1, 0.15) is 4.75 Å². The van der Waals surface area contributed by atoms with E-state index in [-0.39, 0.29) is 5.91 Å². The second-order valence-electron chi connectivity index (χ2n) is 7.22. The number of carbonyl (C=O) groups is 3. The van der Waals surface area contributed by atoms with Crippen molar-refractivity contribution in [2.45, 2.75) is 31.4 Å². The molecule has 0 saturated carbocycles. The molecule has 0 bridgehead atoms. The van der Waals surface area contributed by atoms with Crippen molar-refractivity contribution >= 4 is 33.3 Å². The monoisotopic (exact) mass is 396 g/mol. The summed E-state index contributed by atoms with van der Waals surface area (Å²) in [6, 6.07) is 6.17. The van der Waals surface area contributed by atoms with Gasteiger partial charge in [0, 0.05) is 30.6 Å². The molecule has 0 aromatic heterocycles. The summed E-state index contributed by atoms with van der Waals surface area (Å²) in [5, 5.41) is 11.6. The van der Waals surface area contributed by atoms with E-state index < -0.39 is 32.4 Å². The predicted octanol–water partition coefficient (Wildman–Crippen LogP) is 1.39. The van der Waals surface area contributed by atoms with Crippen LogP contribution in [-0.4, -0.2) is 60.3 Å². The van der Waals surface area contributed by atoms with Gasteiger partial charge in [0.15, 0.2) is 9.84 Å². The van der Waals surface area contributed by atoms with Crippen LogP contribution in [0.5, 0.6) is 0 Å². The minimum atomic E-state index is -3.58. The summed E-state index contributed by atoms with van der Waals surface area (Å²) < 4.78 is 21.9. The molecule has 0 spiro atoms. The van der Waals surface area contributed by atoms with Crippen molar-refractivity contribution in [3.8, 4) is 0 Å². The van der Waals surface area contributed by atoms with E-state index >= 15 is 0 Å². The normalized spacial score (nSPS) is 16.0. The summed E-state index contributed by atoms with van der Waals surface area (Å²) in [5.41, 5.74) is 0.807. The van der Waals surface area contributed by atoms with Gasteiger partial charge in [-0.1, -0.05) is 0 Å². The number of carboxylic acids is 1. The van der Waals surface area contributed by atoms with Crippen LogP contribution in [0, 0.1) is 5.92 Å². The number of piperidine rings is 1. The van der Waals surface area contributed by atoms with Crippen molar-refractivity contribution in [2.24, 2.45) is 5.92 Å². The standard InChI is InChI=1S/C18H24N2O6S/c1-18(2,27(3,25)26)17(24)19-14-6-4-12(5-7-14)15(21)20-10-8-13(9-11-20)16(22)23/h4-7,13H,8-11H2,1-3H3,(H,19,24)(H,22,23). The molecular formula is C18H24N2O6S. The lowest BCUT2D eigenvalue weighted by molar-refractivity contribution is -0.143. The van der Waals surface area contributed by atoms with Crippen molar-refractivity contribution in [1.29, 1.82) is 0 Å². The van der Waals surface area contributed by atoms with Crippen molar-refractivity contribution in [1.82, 2.24) is 4.90 Å². The van der Waals surface area contributed by atoms with Crippen molar-refractivity contribution in [3.05, 3.63) is 29.8 Å². The quantitative estimate of drug-likeness (QED) is 0.776. The highest BCUT2D eigenvalue weighted by Crippen LogP contribution is 2.21. The van der Waals surface area contributed by atoms with Crippen LogP contribution >= 0.6 is 0 Å². The molecule has 2 rings (SSSR count). The number of hydrogen-bond acceptors (Lipinski definition) is 5. The summed E-state index contributed by atoms with van der Waals surface area (Å²) in [4.78, 5) is 37.3. The number of amides is 2. The number of carboxylic acid groups (broad SMARTS) is 1. The van der Waals surface area contributed by atoms with E-state index in [0.29, 0.717) is 37.2 Å². The average Bonchev–Trinajstić information content (AvgIpc) is 2.60. The molecule has 1 saturated heterocycles. The van der Waals surface area contributed by atoms with Crippen molar-refractivity contribution in [2.75, 3.05) is 24.7 Å². The zero-order chi connectivity index (χ0) is 20.4. The molecule has 0 aliphatic carbocycles. The molecule has 8 nitrogen and oxygen atoms in total. The Morgan fingerprint density at radius 2 is 1.63 bits per heavy atom. The Balaban J connectivity index is 2.02. The van der Waals surface area contributed by atoms with E-state index in [1.165, 1.54) is 26.0 Å². The molecule has 1 aliphatic rings. The fourth-order valence-corrected chi connectivity index (χ4v) is 3.05. The Morgan fingerprint density at radius 1 is 1.11 bits per heavy atom. The van der Waals surface area contributed by atoms with Gasteiger partial charge in [-0.3, -0.25) is 14.4 Å². The van der Waals surface area contributed by atoms with Gasteiger partial charge in [-0.25, -0.2) is 8.42 Å². The van der Waals surface area contributed by atoms with Gasteiger partial charge >= 0.3 is 5.97 Å². The Morgan fingerprint density at radius 3 is 2.07 bits per heavy atom. The maximum Gasteiger partial charge on any atom is 0.306 e. The maximum atomic E-state index is 12.5. The van der Waals surface area contributed by atoms with E-state index in [9.17, 15) is 22.8 Å². The number of likely N-dealkylation sites (tertiary alicyclic amines) is 1. The van der Waals surface area contributed by atoms with Crippen LogP contribution in [0.15, 0.2) is 24.3 Å². The number of hydrogen-bond donors (Lipinski definition) is 2. The largest absolute Gasteiger partial charge is 0.481 e. The first kappa shape index (κ1) is 20.9. The van der Waals surface area contributed by atoms with E-state index in [2.05, 4.69) is 5.32 Å². The lowest BCUT2D eigenvalue weighted by atomic mass is 9.96. The van der Waals surface area contributed by atoms with Crippen LogP contribution in [-0.2, 0) is 19.4 Å². The minimum absolute atomic E-state index is 0.201. The van der Waals surface area contributed by atoms with Crippen LogP contribution < -0.4 is 5.32 Å². The molecule has 2 amide bonds. The number of nitrogens with zero attached hydrogens (tertiary/aromatic N) is 1. The Kier molecular flexibility index (Phi) is 5.94. The van der Waals surface area contributed by atoms with Crippen LogP contribution in [0.4, 0.5) is 5.69 Å². The van der Waals surface area contributed by atoms with Gasteiger partial charge in [0.2, 0.25) is 5.91 Å². The Hall–Kier alpha value is -2.42. The summed E-state index contributed by atoms with van der Waals surface area (Å²) in [6.07, 6.45) is 1.85. The SMILES string of the molecule is CC(C)(C(=O)Nc1ccc(C(=O)N2CCC(C(=O)O)CC2)cc1)S(C)(=O)=O. The third-order valence-corrected chi connectivity index (χ3v) is 7.03. The Labute approximate surface area is 158 Å². The van der Waals surface area contributed by atoms with Gasteiger partial charge < -0.3 is 15.3 Å². The summed E-state index contributed by atoms with van der Waals surface area (Å²) >= 11 is 0. The van der Waals surface area contributed by atoms with Crippen LogP contribution in [0.1, 0.15) is 37.0 Å². The highest BCUT2D eigenvalue weighted by molar-refractivity contribution is 7.92. The van der Waals surface area contributed by atoms with Gasteiger partial charge in [-0.05, 0) is 51.0 Å². The first-order valence-corrected chi connectivity index (χ1v) is 10.5. The fraction of sp³-hybridized carbons (Fsp3) is 0.500. The van der Waals surface area contributed by atoms with Crippen LogP contribution in [0.25, 0.3) is 0 Å². The summed E-state index contributed by atoms with van der Waals surface area (Å²) in [5.74, 6) is -2.10. The van der Waals surface area contributed by atoms with E-state index in [0.717, 1.165) is 6.26 Å². The number of aliphatic carboxylic acids is 1. The first-order chi connectivity index (χ1) is 12.4. The predicted molar refractivity (Wildman–Crippen MR) is 100 cm³/mol.